The minimum Gasteiger partial charge on any atom is -0.433 e. The molecule has 0 atom stereocenters. The number of carbonyl (C=O) groups is 1. The van der Waals surface area contributed by atoms with Gasteiger partial charge in [-0.3, -0.25) is 14.0 Å². The van der Waals surface area contributed by atoms with Crippen molar-refractivity contribution in [2.75, 3.05) is 5.32 Å². The Labute approximate surface area is 151 Å². The number of rotatable bonds is 4. The Hall–Kier alpha value is -3.00. The van der Waals surface area contributed by atoms with Gasteiger partial charge in [0.05, 0.1) is 5.02 Å². The Kier molecular flexibility index (Phi) is 4.85. The number of fused-ring (bicyclic) bond motifs is 1. The smallest absolute Gasteiger partial charge is 0.387 e. The summed E-state index contributed by atoms with van der Waals surface area (Å²) in [6.45, 7) is -1.20. The number of pyridine rings is 1. The van der Waals surface area contributed by atoms with E-state index in [4.69, 9.17) is 11.6 Å². The van der Waals surface area contributed by atoms with E-state index in [0.717, 1.165) is 5.56 Å². The molecule has 26 heavy (non-hydrogen) atoms. The van der Waals surface area contributed by atoms with E-state index in [1.165, 1.54) is 28.8 Å². The molecule has 0 aliphatic carbocycles. The zero-order valence-electron chi connectivity index (χ0n) is 13.4. The number of alkyl halides is 2. The van der Waals surface area contributed by atoms with Crippen LogP contribution in [0.2, 0.25) is 5.02 Å². The average Bonchev–Trinajstić information content (AvgIpc) is 2.58. The van der Waals surface area contributed by atoms with Crippen LogP contribution in [0.25, 0.3) is 5.65 Å². The number of ether oxygens (including phenoxy) is 1. The minimum atomic E-state index is -3.01. The number of aryl methyl sites for hydroxylation is 1. The molecule has 3 rings (SSSR count). The van der Waals surface area contributed by atoms with Crippen molar-refractivity contribution < 1.29 is 18.3 Å². The van der Waals surface area contributed by atoms with Crippen molar-refractivity contribution in [3.63, 3.8) is 0 Å². The summed E-state index contributed by atoms with van der Waals surface area (Å²) in [5.74, 6) is -0.917. The summed E-state index contributed by atoms with van der Waals surface area (Å²) in [5.41, 5.74) is 0.765. The summed E-state index contributed by atoms with van der Waals surface area (Å²) >= 11 is 5.84. The van der Waals surface area contributed by atoms with Crippen molar-refractivity contribution in [2.24, 2.45) is 0 Å². The second-order valence-electron chi connectivity index (χ2n) is 5.39. The van der Waals surface area contributed by atoms with Crippen LogP contribution in [0.4, 0.5) is 14.5 Å². The predicted octanol–water partition coefficient (Wildman–Crippen LogP) is 3.51. The Morgan fingerprint density at radius 1 is 1.31 bits per heavy atom. The number of carbonyl (C=O) groups excluding carboxylic acids is 1. The topological polar surface area (TPSA) is 72.7 Å². The number of hydrogen-bond acceptors (Lipinski definition) is 4. The van der Waals surface area contributed by atoms with E-state index in [0.29, 0.717) is 5.65 Å². The van der Waals surface area contributed by atoms with E-state index < -0.39 is 18.1 Å². The molecule has 0 spiro atoms. The number of anilines is 1. The Morgan fingerprint density at radius 3 is 2.77 bits per heavy atom. The molecule has 0 saturated carbocycles. The lowest BCUT2D eigenvalue weighted by Gasteiger charge is -2.10. The van der Waals surface area contributed by atoms with Crippen molar-refractivity contribution >= 4 is 28.8 Å². The minimum absolute atomic E-state index is 0.105. The van der Waals surface area contributed by atoms with Crippen molar-refractivity contribution in [3.05, 3.63) is 69.2 Å². The van der Waals surface area contributed by atoms with Crippen LogP contribution in [-0.2, 0) is 0 Å². The summed E-state index contributed by atoms with van der Waals surface area (Å²) in [6, 6.07) is 7.23. The number of halogens is 3. The van der Waals surface area contributed by atoms with Crippen molar-refractivity contribution in [2.45, 2.75) is 13.5 Å². The van der Waals surface area contributed by atoms with Crippen molar-refractivity contribution in [1.82, 2.24) is 9.38 Å². The fourth-order valence-electron chi connectivity index (χ4n) is 2.31. The number of amides is 1. The molecule has 0 aliphatic heterocycles. The van der Waals surface area contributed by atoms with Crippen LogP contribution in [0.1, 0.15) is 15.9 Å². The highest BCUT2D eigenvalue weighted by Crippen LogP contribution is 2.29. The lowest BCUT2D eigenvalue weighted by Crippen LogP contribution is -2.26. The monoisotopic (exact) mass is 379 g/mol. The summed E-state index contributed by atoms with van der Waals surface area (Å²) in [5, 5.41) is 2.38. The van der Waals surface area contributed by atoms with Crippen molar-refractivity contribution in [1.29, 1.82) is 0 Å². The first-order valence-corrected chi connectivity index (χ1v) is 7.76. The summed E-state index contributed by atoms with van der Waals surface area (Å²) in [4.78, 5) is 28.9. The van der Waals surface area contributed by atoms with Gasteiger partial charge in [0, 0.05) is 18.1 Å². The molecule has 0 saturated heterocycles. The average molecular weight is 380 g/mol. The predicted molar refractivity (Wildman–Crippen MR) is 92.2 cm³/mol. The normalized spacial score (nSPS) is 11.0. The quantitative estimate of drug-likeness (QED) is 0.753. The van der Waals surface area contributed by atoms with Gasteiger partial charge >= 0.3 is 6.61 Å². The van der Waals surface area contributed by atoms with Gasteiger partial charge in [0.15, 0.2) is 0 Å². The van der Waals surface area contributed by atoms with Crippen LogP contribution in [0.5, 0.6) is 5.75 Å². The molecule has 0 fully saturated rings. The molecule has 6 nitrogen and oxygen atoms in total. The van der Waals surface area contributed by atoms with Gasteiger partial charge in [-0.15, -0.1) is 0 Å². The summed E-state index contributed by atoms with van der Waals surface area (Å²) < 4.78 is 30.0. The molecule has 9 heteroatoms. The molecule has 0 radical (unpaired) electrons. The molecular weight excluding hydrogens is 368 g/mol. The van der Waals surface area contributed by atoms with Gasteiger partial charge in [-0.1, -0.05) is 17.7 Å². The largest absolute Gasteiger partial charge is 0.433 e. The third kappa shape index (κ3) is 3.65. The maximum atomic E-state index is 12.5. The second-order valence-corrected chi connectivity index (χ2v) is 5.80. The molecule has 2 heterocycles. The van der Waals surface area contributed by atoms with Crippen LogP contribution in [-0.4, -0.2) is 21.9 Å². The lowest BCUT2D eigenvalue weighted by atomic mass is 10.2. The first-order chi connectivity index (χ1) is 12.3. The highest BCUT2D eigenvalue weighted by atomic mass is 35.5. The van der Waals surface area contributed by atoms with Crippen LogP contribution in [0.15, 0.2) is 47.5 Å². The maximum Gasteiger partial charge on any atom is 0.387 e. The van der Waals surface area contributed by atoms with Crippen LogP contribution in [0, 0.1) is 6.92 Å². The molecule has 0 unspecified atom stereocenters. The Balaban J connectivity index is 1.89. The number of benzene rings is 1. The molecule has 2 aromatic heterocycles. The van der Waals surface area contributed by atoms with Crippen LogP contribution < -0.4 is 15.6 Å². The fraction of sp³-hybridized carbons (Fsp3) is 0.118. The molecule has 0 aliphatic rings. The molecule has 3 aromatic rings. The molecular formula is C17H12ClF2N3O3. The van der Waals surface area contributed by atoms with E-state index in [1.807, 2.05) is 6.92 Å². The lowest BCUT2D eigenvalue weighted by molar-refractivity contribution is -0.0497. The standard InChI is InChI=1S/C17H12ClF2N3O3/c1-9-2-5-14-21-7-11(16(25)23(14)8-9)15(24)22-10-3-4-13(12(18)6-10)26-17(19)20/h2-8,17H,1H3,(H,22,24). The number of aromatic nitrogens is 2. The second kappa shape index (κ2) is 7.09. The van der Waals surface area contributed by atoms with Gasteiger partial charge in [0.25, 0.3) is 11.5 Å². The highest BCUT2D eigenvalue weighted by Gasteiger charge is 2.15. The zero-order chi connectivity index (χ0) is 18.8. The van der Waals surface area contributed by atoms with Crippen LogP contribution in [0.3, 0.4) is 0 Å². The number of nitrogens with zero attached hydrogens (tertiary/aromatic N) is 2. The van der Waals surface area contributed by atoms with E-state index >= 15 is 0 Å². The molecule has 1 N–H and O–H groups in total. The number of hydrogen-bond donors (Lipinski definition) is 1. The first kappa shape index (κ1) is 17.8. The van der Waals surface area contributed by atoms with Gasteiger partial charge in [0.1, 0.15) is 17.0 Å². The van der Waals surface area contributed by atoms with Gasteiger partial charge in [-0.25, -0.2) is 4.98 Å². The summed E-state index contributed by atoms with van der Waals surface area (Å²) in [7, 11) is 0. The Morgan fingerprint density at radius 2 is 2.08 bits per heavy atom. The van der Waals surface area contributed by atoms with E-state index in [1.54, 1.807) is 18.3 Å². The molecule has 0 bridgehead atoms. The fourth-order valence-corrected chi connectivity index (χ4v) is 2.53. The third-order valence-corrected chi connectivity index (χ3v) is 3.80. The van der Waals surface area contributed by atoms with Crippen molar-refractivity contribution in [3.8, 4) is 5.75 Å². The summed E-state index contributed by atoms with van der Waals surface area (Å²) in [6.07, 6.45) is 2.76. The zero-order valence-corrected chi connectivity index (χ0v) is 14.1. The highest BCUT2D eigenvalue weighted by molar-refractivity contribution is 6.32. The van der Waals surface area contributed by atoms with Crippen LogP contribution >= 0.6 is 11.6 Å². The number of nitrogens with one attached hydrogen (secondary N) is 1. The van der Waals surface area contributed by atoms with E-state index in [9.17, 15) is 18.4 Å². The molecule has 134 valence electrons. The van der Waals surface area contributed by atoms with Gasteiger partial charge in [-0.05, 0) is 36.8 Å². The van der Waals surface area contributed by atoms with Gasteiger partial charge in [-0.2, -0.15) is 8.78 Å². The Bertz CT molecular complexity index is 1050. The van der Waals surface area contributed by atoms with E-state index in [-0.39, 0.29) is 22.0 Å². The SMILES string of the molecule is Cc1ccc2ncc(C(=O)Nc3ccc(OC(F)F)c(Cl)c3)c(=O)n2c1. The molecule has 1 aromatic carbocycles. The first-order valence-electron chi connectivity index (χ1n) is 7.39. The third-order valence-electron chi connectivity index (χ3n) is 3.50. The molecule has 1 amide bonds. The van der Waals surface area contributed by atoms with Gasteiger partial charge < -0.3 is 10.1 Å². The van der Waals surface area contributed by atoms with E-state index in [2.05, 4.69) is 15.0 Å². The maximum absolute atomic E-state index is 12.5. The van der Waals surface area contributed by atoms with Gasteiger partial charge in [0.2, 0.25) is 0 Å².